The van der Waals surface area contributed by atoms with Crippen molar-refractivity contribution in [3.8, 4) is 10.6 Å². The maximum absolute atomic E-state index is 12.6. The zero-order valence-corrected chi connectivity index (χ0v) is 15.6. The van der Waals surface area contributed by atoms with E-state index < -0.39 is 0 Å². The Morgan fingerprint density at radius 1 is 1.04 bits per heavy atom. The van der Waals surface area contributed by atoms with Crippen LogP contribution in [-0.4, -0.2) is 22.9 Å². The highest BCUT2D eigenvalue weighted by atomic mass is 32.1. The molecular weight excluding hydrogens is 356 g/mol. The van der Waals surface area contributed by atoms with Crippen molar-refractivity contribution in [3.63, 3.8) is 0 Å². The second-order valence-electron chi connectivity index (χ2n) is 6.00. The molecule has 2 N–H and O–H groups in total. The van der Waals surface area contributed by atoms with E-state index in [-0.39, 0.29) is 5.91 Å². The van der Waals surface area contributed by atoms with Gasteiger partial charge in [-0.25, -0.2) is 9.97 Å². The molecule has 4 rings (SSSR count). The summed E-state index contributed by atoms with van der Waals surface area (Å²) in [7, 11) is 1.78. The van der Waals surface area contributed by atoms with Gasteiger partial charge in [0.1, 0.15) is 0 Å². The fraction of sp³-hybridized carbons (Fsp3) is 0.0952. The molecule has 0 atom stereocenters. The number of rotatable bonds is 5. The average molecular weight is 374 g/mol. The van der Waals surface area contributed by atoms with Crippen LogP contribution in [0.5, 0.6) is 0 Å². The number of hydrogen-bond donors (Lipinski definition) is 2. The number of hydrogen-bond acceptors (Lipinski definition) is 5. The maximum Gasteiger partial charge on any atom is 0.261 e. The van der Waals surface area contributed by atoms with Crippen LogP contribution in [0.25, 0.3) is 21.3 Å². The lowest BCUT2D eigenvalue weighted by Crippen LogP contribution is -2.21. The monoisotopic (exact) mass is 374 g/mol. The molecule has 2 heterocycles. The van der Waals surface area contributed by atoms with Crippen LogP contribution in [0, 0.1) is 0 Å². The van der Waals surface area contributed by atoms with Gasteiger partial charge in [0, 0.05) is 19.8 Å². The van der Waals surface area contributed by atoms with Gasteiger partial charge >= 0.3 is 0 Å². The summed E-state index contributed by atoms with van der Waals surface area (Å²) in [5.41, 5.74) is 1.90. The number of carbonyl (C=O) groups is 1. The molecule has 6 heteroatoms. The molecule has 4 aromatic rings. The van der Waals surface area contributed by atoms with E-state index in [1.54, 1.807) is 13.2 Å². The number of anilines is 1. The van der Waals surface area contributed by atoms with Crippen LogP contribution in [-0.2, 0) is 6.54 Å². The minimum atomic E-state index is -0.0814. The van der Waals surface area contributed by atoms with E-state index in [1.807, 2.05) is 42.5 Å². The second-order valence-corrected chi connectivity index (χ2v) is 7.08. The van der Waals surface area contributed by atoms with Crippen molar-refractivity contribution >= 4 is 34.0 Å². The van der Waals surface area contributed by atoms with Gasteiger partial charge in [-0.05, 0) is 34.5 Å². The molecule has 0 saturated carbocycles. The third-order valence-electron chi connectivity index (χ3n) is 4.28. The van der Waals surface area contributed by atoms with E-state index in [1.165, 1.54) is 16.7 Å². The number of fused-ring (bicyclic) bond motifs is 1. The second kappa shape index (κ2) is 7.55. The SMILES string of the molecule is CNc1nccc(-c2ccc(C(=O)NCc3cccc4ccccc34)s2)n1. The Bertz CT molecular complexity index is 1100. The minimum Gasteiger partial charge on any atom is -0.357 e. The molecule has 134 valence electrons. The Balaban J connectivity index is 1.50. The Hall–Kier alpha value is -3.25. The van der Waals surface area contributed by atoms with Crippen molar-refractivity contribution in [3.05, 3.63) is 77.3 Å². The minimum absolute atomic E-state index is 0.0814. The molecule has 27 heavy (non-hydrogen) atoms. The smallest absolute Gasteiger partial charge is 0.261 e. The summed E-state index contributed by atoms with van der Waals surface area (Å²) in [6, 6.07) is 19.9. The van der Waals surface area contributed by atoms with Crippen LogP contribution in [0.4, 0.5) is 5.95 Å². The predicted molar refractivity (Wildman–Crippen MR) is 110 cm³/mol. The predicted octanol–water partition coefficient (Wildman–Crippen LogP) is 4.33. The van der Waals surface area contributed by atoms with Gasteiger partial charge in [0.25, 0.3) is 5.91 Å². The van der Waals surface area contributed by atoms with Crippen molar-refractivity contribution in [2.24, 2.45) is 0 Å². The molecule has 0 radical (unpaired) electrons. The number of aromatic nitrogens is 2. The molecule has 0 aliphatic heterocycles. The number of nitrogens with one attached hydrogen (secondary N) is 2. The standard InChI is InChI=1S/C21H18N4OS/c1-22-21-23-12-11-17(25-21)18-9-10-19(27-18)20(26)24-13-15-7-4-6-14-5-2-3-8-16(14)15/h2-12H,13H2,1H3,(H,24,26)(H,22,23,25). The van der Waals surface area contributed by atoms with Crippen LogP contribution >= 0.6 is 11.3 Å². The van der Waals surface area contributed by atoms with Gasteiger partial charge in [-0.1, -0.05) is 42.5 Å². The molecule has 0 unspecified atom stereocenters. The van der Waals surface area contributed by atoms with Crippen LogP contribution < -0.4 is 10.6 Å². The van der Waals surface area contributed by atoms with E-state index in [4.69, 9.17) is 0 Å². The molecule has 0 saturated heterocycles. The number of benzene rings is 2. The van der Waals surface area contributed by atoms with Crippen LogP contribution in [0.15, 0.2) is 66.9 Å². The first-order chi connectivity index (χ1) is 13.2. The van der Waals surface area contributed by atoms with Crippen LogP contribution in [0.1, 0.15) is 15.2 Å². The number of carbonyl (C=O) groups excluding carboxylic acids is 1. The number of thiophene rings is 1. The van der Waals surface area contributed by atoms with Gasteiger partial charge in [0.05, 0.1) is 15.4 Å². The fourth-order valence-corrected chi connectivity index (χ4v) is 3.82. The highest BCUT2D eigenvalue weighted by Gasteiger charge is 2.12. The Morgan fingerprint density at radius 2 is 1.89 bits per heavy atom. The summed E-state index contributed by atoms with van der Waals surface area (Å²) in [5.74, 6) is 0.477. The average Bonchev–Trinajstić information content (AvgIpc) is 3.22. The molecule has 2 aromatic carbocycles. The molecular formula is C21H18N4OS. The molecule has 0 fully saturated rings. The van der Waals surface area contributed by atoms with Gasteiger partial charge < -0.3 is 10.6 Å². The van der Waals surface area contributed by atoms with Crippen molar-refractivity contribution in [2.45, 2.75) is 6.54 Å². The summed E-state index contributed by atoms with van der Waals surface area (Å²) in [5, 5.41) is 8.28. The van der Waals surface area contributed by atoms with Crippen LogP contribution in [0.2, 0.25) is 0 Å². The highest BCUT2D eigenvalue weighted by Crippen LogP contribution is 2.27. The topological polar surface area (TPSA) is 66.9 Å². The summed E-state index contributed by atoms with van der Waals surface area (Å²) < 4.78 is 0. The van der Waals surface area contributed by atoms with Crippen LogP contribution in [0.3, 0.4) is 0 Å². The van der Waals surface area contributed by atoms with Gasteiger partial charge in [0.15, 0.2) is 0 Å². The highest BCUT2D eigenvalue weighted by molar-refractivity contribution is 7.17. The molecule has 2 aromatic heterocycles. The first-order valence-electron chi connectivity index (χ1n) is 8.60. The van der Waals surface area contributed by atoms with Crippen molar-refractivity contribution in [1.29, 1.82) is 0 Å². The van der Waals surface area contributed by atoms with Gasteiger partial charge in [-0.2, -0.15) is 0 Å². The first kappa shape index (κ1) is 17.2. The van der Waals surface area contributed by atoms with Crippen molar-refractivity contribution in [1.82, 2.24) is 15.3 Å². The molecule has 0 bridgehead atoms. The Kier molecular flexibility index (Phi) is 4.80. The zero-order valence-electron chi connectivity index (χ0n) is 14.8. The van der Waals surface area contributed by atoms with E-state index in [0.717, 1.165) is 21.5 Å². The lowest BCUT2D eigenvalue weighted by Gasteiger charge is -2.07. The molecule has 1 amide bonds. The van der Waals surface area contributed by atoms with Crippen molar-refractivity contribution < 1.29 is 4.79 Å². The Morgan fingerprint density at radius 3 is 2.78 bits per heavy atom. The van der Waals surface area contributed by atoms with Gasteiger partial charge in [-0.3, -0.25) is 4.79 Å². The van der Waals surface area contributed by atoms with Gasteiger partial charge in [0.2, 0.25) is 5.95 Å². The lowest BCUT2D eigenvalue weighted by atomic mass is 10.0. The summed E-state index contributed by atoms with van der Waals surface area (Å²) in [6.45, 7) is 0.491. The molecule has 0 spiro atoms. The number of nitrogens with zero attached hydrogens (tertiary/aromatic N) is 2. The zero-order chi connectivity index (χ0) is 18.6. The number of amides is 1. The van der Waals surface area contributed by atoms with E-state index >= 15 is 0 Å². The normalized spacial score (nSPS) is 10.7. The third kappa shape index (κ3) is 3.66. The molecule has 5 nitrogen and oxygen atoms in total. The van der Waals surface area contributed by atoms with E-state index in [2.05, 4.69) is 38.8 Å². The summed E-state index contributed by atoms with van der Waals surface area (Å²) in [6.07, 6.45) is 1.70. The summed E-state index contributed by atoms with van der Waals surface area (Å²) in [4.78, 5) is 22.7. The third-order valence-corrected chi connectivity index (χ3v) is 5.39. The fourth-order valence-electron chi connectivity index (χ4n) is 2.92. The van der Waals surface area contributed by atoms with Crippen molar-refractivity contribution in [2.75, 3.05) is 12.4 Å². The van der Waals surface area contributed by atoms with E-state index in [0.29, 0.717) is 17.4 Å². The summed E-state index contributed by atoms with van der Waals surface area (Å²) >= 11 is 1.42. The molecule has 0 aliphatic carbocycles. The first-order valence-corrected chi connectivity index (χ1v) is 9.42. The maximum atomic E-state index is 12.6. The molecule has 0 aliphatic rings. The van der Waals surface area contributed by atoms with E-state index in [9.17, 15) is 4.79 Å². The largest absolute Gasteiger partial charge is 0.357 e. The van der Waals surface area contributed by atoms with Gasteiger partial charge in [-0.15, -0.1) is 11.3 Å². The Labute approximate surface area is 161 Å². The lowest BCUT2D eigenvalue weighted by molar-refractivity contribution is 0.0955. The quantitative estimate of drug-likeness (QED) is 0.546.